The maximum Gasteiger partial charge on any atom is 0.265 e. The normalized spacial score (nSPS) is 23.0. The van der Waals surface area contributed by atoms with E-state index in [0.717, 1.165) is 31.2 Å². The third-order valence-corrected chi connectivity index (χ3v) is 6.77. The summed E-state index contributed by atoms with van der Waals surface area (Å²) in [5.74, 6) is -0.384. The van der Waals surface area contributed by atoms with Gasteiger partial charge in [-0.1, -0.05) is 35.9 Å². The van der Waals surface area contributed by atoms with Crippen molar-refractivity contribution < 1.29 is 19.1 Å². The number of nitrogens with two attached hydrogens (primary N) is 1. The van der Waals surface area contributed by atoms with Crippen molar-refractivity contribution in [2.45, 2.75) is 63.9 Å². The average molecular weight is 479 g/mol. The molecule has 1 saturated heterocycles. The van der Waals surface area contributed by atoms with Crippen LogP contribution in [0.15, 0.2) is 54.6 Å². The average Bonchev–Trinajstić information content (AvgIpc) is 3.31. The number of benzene rings is 2. The highest BCUT2D eigenvalue weighted by molar-refractivity contribution is 5.99. The lowest BCUT2D eigenvalue weighted by Gasteiger charge is -2.33. The molecule has 1 aliphatic heterocycles. The van der Waals surface area contributed by atoms with E-state index in [1.807, 2.05) is 37.3 Å². The first-order valence-corrected chi connectivity index (χ1v) is 12.3. The fourth-order valence-corrected chi connectivity index (χ4v) is 4.74. The molecular formula is C27H34N4O4. The molecule has 1 saturated carbocycles. The lowest BCUT2D eigenvalue weighted by Crippen LogP contribution is -2.57. The van der Waals surface area contributed by atoms with Crippen molar-refractivity contribution in [3.05, 3.63) is 65.7 Å². The van der Waals surface area contributed by atoms with Crippen LogP contribution in [0.5, 0.6) is 5.75 Å². The zero-order valence-electron chi connectivity index (χ0n) is 20.4. The van der Waals surface area contributed by atoms with Gasteiger partial charge in [-0.15, -0.1) is 0 Å². The molecule has 1 aliphatic carbocycles. The van der Waals surface area contributed by atoms with Crippen molar-refractivity contribution in [1.29, 1.82) is 0 Å². The summed E-state index contributed by atoms with van der Waals surface area (Å²) in [6.45, 7) is 4.14. The second kappa shape index (κ2) is 10.9. The molecule has 0 aromatic heterocycles. The number of hydrogen-bond acceptors (Lipinski definition) is 5. The third kappa shape index (κ3) is 5.82. The van der Waals surface area contributed by atoms with Crippen LogP contribution in [0.2, 0.25) is 0 Å². The Bertz CT molecular complexity index is 1030. The molecule has 2 aliphatic rings. The maximum absolute atomic E-state index is 13.5. The molecule has 4 rings (SSSR count). The number of nitrogens with zero attached hydrogens (tertiary/aromatic N) is 2. The lowest BCUT2D eigenvalue weighted by molar-refractivity contribution is -0.146. The van der Waals surface area contributed by atoms with Gasteiger partial charge in [0.05, 0.1) is 0 Å². The van der Waals surface area contributed by atoms with Crippen LogP contribution in [0.25, 0.3) is 0 Å². The Labute approximate surface area is 206 Å². The van der Waals surface area contributed by atoms with E-state index in [2.05, 4.69) is 5.32 Å². The van der Waals surface area contributed by atoms with E-state index in [1.165, 1.54) is 9.80 Å². The molecule has 3 amide bonds. The summed E-state index contributed by atoms with van der Waals surface area (Å²) in [6.07, 6.45) is 1.40. The van der Waals surface area contributed by atoms with E-state index in [9.17, 15) is 14.4 Å². The molecule has 186 valence electrons. The lowest BCUT2D eigenvalue weighted by atomic mass is 9.92. The van der Waals surface area contributed by atoms with Crippen LogP contribution in [-0.4, -0.2) is 65.0 Å². The quantitative estimate of drug-likeness (QED) is 0.664. The summed E-state index contributed by atoms with van der Waals surface area (Å²) in [4.78, 5) is 43.3. The van der Waals surface area contributed by atoms with E-state index in [1.54, 1.807) is 31.2 Å². The highest BCUT2D eigenvalue weighted by Gasteiger charge is 2.44. The number of rotatable bonds is 6. The summed E-state index contributed by atoms with van der Waals surface area (Å²) in [6, 6.07) is 16.4. The van der Waals surface area contributed by atoms with E-state index < -0.39 is 12.3 Å². The van der Waals surface area contributed by atoms with Crippen LogP contribution < -0.4 is 15.8 Å². The Morgan fingerprint density at radius 1 is 0.943 bits per heavy atom. The molecule has 0 spiro atoms. The summed E-state index contributed by atoms with van der Waals surface area (Å²) >= 11 is 0. The van der Waals surface area contributed by atoms with Gasteiger partial charge in [0.15, 0.2) is 12.3 Å². The van der Waals surface area contributed by atoms with Gasteiger partial charge in [-0.05, 0) is 63.8 Å². The summed E-state index contributed by atoms with van der Waals surface area (Å²) < 4.78 is 5.83. The van der Waals surface area contributed by atoms with Gasteiger partial charge in [0, 0.05) is 30.7 Å². The number of amides is 3. The van der Waals surface area contributed by atoms with Crippen molar-refractivity contribution in [3.8, 4) is 5.75 Å². The number of hydrogen-bond donors (Lipinski definition) is 2. The molecule has 8 nitrogen and oxygen atoms in total. The largest absolute Gasteiger partial charge is 0.481 e. The first-order chi connectivity index (χ1) is 16.8. The van der Waals surface area contributed by atoms with E-state index in [-0.39, 0.29) is 42.9 Å². The van der Waals surface area contributed by atoms with Gasteiger partial charge in [0.25, 0.3) is 17.7 Å². The number of aryl methyl sites for hydroxylation is 1. The zero-order chi connectivity index (χ0) is 24.9. The van der Waals surface area contributed by atoms with Gasteiger partial charge in [-0.3, -0.25) is 14.4 Å². The molecule has 2 fully saturated rings. The van der Waals surface area contributed by atoms with Crippen molar-refractivity contribution >= 4 is 17.7 Å². The van der Waals surface area contributed by atoms with Crippen LogP contribution in [0.4, 0.5) is 0 Å². The van der Waals surface area contributed by atoms with E-state index in [0.29, 0.717) is 11.3 Å². The number of para-hydroxylation sites is 1. The van der Waals surface area contributed by atoms with Crippen LogP contribution in [0, 0.1) is 6.92 Å². The zero-order valence-corrected chi connectivity index (χ0v) is 20.4. The van der Waals surface area contributed by atoms with Gasteiger partial charge in [0.1, 0.15) is 5.75 Å². The number of ether oxygens (including phenoxy) is 1. The Morgan fingerprint density at radius 3 is 2.23 bits per heavy atom. The highest BCUT2D eigenvalue weighted by atomic mass is 16.5. The summed E-state index contributed by atoms with van der Waals surface area (Å²) in [7, 11) is 0. The van der Waals surface area contributed by atoms with Gasteiger partial charge in [0.2, 0.25) is 0 Å². The van der Waals surface area contributed by atoms with Gasteiger partial charge in [-0.25, -0.2) is 0 Å². The monoisotopic (exact) mass is 478 g/mol. The Morgan fingerprint density at radius 2 is 1.57 bits per heavy atom. The van der Waals surface area contributed by atoms with Crippen LogP contribution in [0.3, 0.4) is 0 Å². The summed E-state index contributed by atoms with van der Waals surface area (Å²) in [5.41, 5.74) is 7.54. The fraction of sp³-hybridized carbons (Fsp3) is 0.444. The van der Waals surface area contributed by atoms with E-state index >= 15 is 0 Å². The van der Waals surface area contributed by atoms with Crippen LogP contribution in [0.1, 0.15) is 48.5 Å². The van der Waals surface area contributed by atoms with Crippen molar-refractivity contribution in [3.63, 3.8) is 0 Å². The molecule has 2 unspecified atom stereocenters. The van der Waals surface area contributed by atoms with Crippen molar-refractivity contribution in [2.24, 2.45) is 5.73 Å². The second-order valence-electron chi connectivity index (χ2n) is 9.46. The van der Waals surface area contributed by atoms with E-state index in [4.69, 9.17) is 10.5 Å². The van der Waals surface area contributed by atoms with Crippen LogP contribution in [-0.2, 0) is 9.59 Å². The molecule has 35 heavy (non-hydrogen) atoms. The summed E-state index contributed by atoms with van der Waals surface area (Å²) in [5, 5.41) is 3.08. The molecule has 3 N–H and O–H groups in total. The molecule has 2 atom stereocenters. The fourth-order valence-electron chi connectivity index (χ4n) is 4.74. The molecule has 2 aromatic rings. The van der Waals surface area contributed by atoms with Gasteiger partial charge in [-0.2, -0.15) is 0 Å². The number of carbonyl (C=O) groups is 3. The second-order valence-corrected chi connectivity index (χ2v) is 9.46. The minimum absolute atomic E-state index is 0.0193. The molecular weight excluding hydrogens is 444 g/mol. The Balaban J connectivity index is 1.54. The topological polar surface area (TPSA) is 105 Å². The minimum Gasteiger partial charge on any atom is -0.481 e. The Hall–Kier alpha value is -3.39. The first kappa shape index (κ1) is 24.7. The standard InChI is InChI=1S/C27H34N4O4/c1-18-8-10-20(11-9-18)27(34)31-17-16-30(26(33)19(2)35-23-6-4-3-5-7-23)25(31)24(32)29-22-14-12-21(28)13-15-22/h3-11,19,21-22,25H,12-17,28H2,1-2H3,(H,29,32). The maximum atomic E-state index is 13.5. The van der Waals surface area contributed by atoms with Gasteiger partial charge >= 0.3 is 0 Å². The predicted molar refractivity (Wildman–Crippen MR) is 133 cm³/mol. The van der Waals surface area contributed by atoms with Crippen molar-refractivity contribution in [1.82, 2.24) is 15.1 Å². The molecule has 1 heterocycles. The molecule has 2 aromatic carbocycles. The van der Waals surface area contributed by atoms with Crippen LogP contribution >= 0.6 is 0 Å². The minimum atomic E-state index is -1.03. The predicted octanol–water partition coefficient (Wildman–Crippen LogP) is 2.46. The molecule has 0 radical (unpaired) electrons. The smallest absolute Gasteiger partial charge is 0.265 e. The van der Waals surface area contributed by atoms with Gasteiger partial charge < -0.3 is 25.6 Å². The number of carbonyl (C=O) groups excluding carboxylic acids is 3. The highest BCUT2D eigenvalue weighted by Crippen LogP contribution is 2.23. The SMILES string of the molecule is Cc1ccc(C(=O)N2CCN(C(=O)C(C)Oc3ccccc3)C2C(=O)NC2CCC(N)CC2)cc1. The first-order valence-electron chi connectivity index (χ1n) is 12.3. The Kier molecular flexibility index (Phi) is 7.70. The molecule has 8 heteroatoms. The molecule has 0 bridgehead atoms. The number of nitrogens with one attached hydrogen (secondary N) is 1. The third-order valence-electron chi connectivity index (χ3n) is 6.77. The van der Waals surface area contributed by atoms with Crippen molar-refractivity contribution in [2.75, 3.05) is 13.1 Å².